The molecule has 0 aliphatic heterocycles. The molecule has 5 unspecified atom stereocenters. The third-order valence-electron chi connectivity index (χ3n) is 5.92. The first-order valence-electron chi connectivity index (χ1n) is 7.53. The minimum atomic E-state index is 0.783. The molecule has 3 aliphatic rings. The molecule has 3 fully saturated rings. The average Bonchev–Trinajstić information content (AvgIpc) is 2.34. The third kappa shape index (κ3) is 1.90. The van der Waals surface area contributed by atoms with Crippen molar-refractivity contribution >= 4 is 0 Å². The summed E-state index contributed by atoms with van der Waals surface area (Å²) in [7, 11) is 0. The molecule has 0 heteroatoms. The van der Waals surface area contributed by atoms with Gasteiger partial charge in [-0.05, 0) is 54.4 Å². The minimum absolute atomic E-state index is 0.783. The van der Waals surface area contributed by atoms with Gasteiger partial charge in [0.25, 0.3) is 0 Å². The molecule has 3 aliphatic carbocycles. The lowest BCUT2D eigenvalue weighted by Crippen LogP contribution is -2.40. The Morgan fingerprint density at radius 3 is 2.35 bits per heavy atom. The van der Waals surface area contributed by atoms with Crippen molar-refractivity contribution in [2.24, 2.45) is 29.6 Å². The topological polar surface area (TPSA) is 0 Å². The van der Waals surface area contributed by atoms with E-state index < -0.39 is 0 Å². The van der Waals surface area contributed by atoms with Gasteiger partial charge in [-0.15, -0.1) is 0 Å². The molecule has 3 rings (SSSR count). The van der Waals surface area contributed by atoms with Crippen molar-refractivity contribution in [1.82, 2.24) is 0 Å². The summed E-state index contributed by atoms with van der Waals surface area (Å²) in [5.74, 6) is 4.62. The Kier molecular flexibility index (Phi) is 2.92. The summed E-state index contributed by atoms with van der Waals surface area (Å²) in [6, 6.07) is 0. The van der Waals surface area contributed by atoms with E-state index >= 15 is 0 Å². The van der Waals surface area contributed by atoms with E-state index in [1.165, 1.54) is 56.1 Å². The maximum absolute atomic E-state index is 4.35. The summed E-state index contributed by atoms with van der Waals surface area (Å²) in [5.41, 5.74) is 2.77. The zero-order chi connectivity index (χ0) is 12.0. The van der Waals surface area contributed by atoms with E-state index in [1.807, 2.05) is 0 Å². The van der Waals surface area contributed by atoms with Crippen LogP contribution in [0.3, 0.4) is 0 Å². The van der Waals surface area contributed by atoms with Gasteiger partial charge in [-0.3, -0.25) is 0 Å². The van der Waals surface area contributed by atoms with E-state index in [0.29, 0.717) is 0 Å². The summed E-state index contributed by atoms with van der Waals surface area (Å²) >= 11 is 0. The molecule has 0 bridgehead atoms. The minimum Gasteiger partial charge on any atom is -0.0956 e. The first-order chi connectivity index (χ1) is 8.16. The highest BCUT2D eigenvalue weighted by atomic mass is 14.5. The normalized spacial score (nSPS) is 46.3. The highest BCUT2D eigenvalue weighted by Crippen LogP contribution is 2.53. The zero-order valence-corrected chi connectivity index (χ0v) is 11.3. The molecule has 0 saturated heterocycles. The second kappa shape index (κ2) is 4.30. The van der Waals surface area contributed by atoms with Crippen LogP contribution in [-0.4, -0.2) is 0 Å². The standard InChI is InChI=1S/C17H26/c1-11-8-12(2)16-9-14-6-4-5-7-15(14)10-17(16)13(11)3/h12,14-17H,1,3-10H2,2H3. The highest BCUT2D eigenvalue weighted by Gasteiger charge is 2.43. The molecule has 0 spiro atoms. The quantitative estimate of drug-likeness (QED) is 0.551. The smallest absolute Gasteiger partial charge is 0.0131 e. The molecule has 17 heavy (non-hydrogen) atoms. The van der Waals surface area contributed by atoms with E-state index in [1.54, 1.807) is 0 Å². The molecule has 0 heterocycles. The molecule has 0 aromatic carbocycles. The third-order valence-corrected chi connectivity index (χ3v) is 5.92. The van der Waals surface area contributed by atoms with Gasteiger partial charge >= 0.3 is 0 Å². The predicted octanol–water partition coefficient (Wildman–Crippen LogP) is 4.97. The number of hydrogen-bond donors (Lipinski definition) is 0. The fraction of sp³-hybridized carbons (Fsp3) is 0.765. The predicted molar refractivity (Wildman–Crippen MR) is 73.7 cm³/mol. The Morgan fingerprint density at radius 2 is 1.65 bits per heavy atom. The number of fused-ring (bicyclic) bond motifs is 2. The van der Waals surface area contributed by atoms with E-state index in [4.69, 9.17) is 0 Å². The maximum Gasteiger partial charge on any atom is -0.0131 e. The second-order valence-corrected chi connectivity index (χ2v) is 6.86. The molecule has 0 nitrogen and oxygen atoms in total. The van der Waals surface area contributed by atoms with Gasteiger partial charge in [-0.1, -0.05) is 51.3 Å². The molecule has 94 valence electrons. The van der Waals surface area contributed by atoms with E-state index in [9.17, 15) is 0 Å². The molecule has 0 amide bonds. The number of rotatable bonds is 0. The van der Waals surface area contributed by atoms with Crippen molar-refractivity contribution in [3.63, 3.8) is 0 Å². The number of hydrogen-bond acceptors (Lipinski definition) is 0. The zero-order valence-electron chi connectivity index (χ0n) is 11.3. The summed E-state index contributed by atoms with van der Waals surface area (Å²) < 4.78 is 0. The van der Waals surface area contributed by atoms with Gasteiger partial charge in [0.2, 0.25) is 0 Å². The van der Waals surface area contributed by atoms with E-state index in [2.05, 4.69) is 20.1 Å². The molecule has 0 N–H and O–H groups in total. The Morgan fingerprint density at radius 1 is 1.00 bits per heavy atom. The van der Waals surface area contributed by atoms with Crippen LogP contribution in [0, 0.1) is 29.6 Å². The fourth-order valence-electron chi connectivity index (χ4n) is 4.88. The van der Waals surface area contributed by atoms with Gasteiger partial charge in [0.15, 0.2) is 0 Å². The Bertz CT molecular complexity index is 338. The van der Waals surface area contributed by atoms with Crippen LogP contribution in [0.5, 0.6) is 0 Å². The van der Waals surface area contributed by atoms with Crippen LogP contribution in [0.1, 0.15) is 51.9 Å². The first-order valence-corrected chi connectivity index (χ1v) is 7.53. The van der Waals surface area contributed by atoms with E-state index in [0.717, 1.165) is 29.6 Å². The summed E-state index contributed by atoms with van der Waals surface area (Å²) in [5, 5.41) is 0. The molecule has 5 atom stereocenters. The van der Waals surface area contributed by atoms with Gasteiger partial charge in [0, 0.05) is 0 Å². The summed E-state index contributed by atoms with van der Waals surface area (Å²) in [6.07, 6.45) is 10.1. The van der Waals surface area contributed by atoms with Crippen LogP contribution in [0.25, 0.3) is 0 Å². The lowest BCUT2D eigenvalue weighted by Gasteiger charge is -2.49. The Hall–Kier alpha value is -0.520. The lowest BCUT2D eigenvalue weighted by atomic mass is 9.56. The van der Waals surface area contributed by atoms with Gasteiger partial charge < -0.3 is 0 Å². The van der Waals surface area contributed by atoms with Crippen LogP contribution in [0.2, 0.25) is 0 Å². The maximum atomic E-state index is 4.35. The molecule has 3 saturated carbocycles. The van der Waals surface area contributed by atoms with Crippen molar-refractivity contribution in [3.05, 3.63) is 24.3 Å². The van der Waals surface area contributed by atoms with Crippen molar-refractivity contribution in [3.8, 4) is 0 Å². The van der Waals surface area contributed by atoms with Gasteiger partial charge in [-0.25, -0.2) is 0 Å². The molecule has 0 aromatic heterocycles. The summed E-state index contributed by atoms with van der Waals surface area (Å²) in [6.45, 7) is 11.0. The first kappa shape index (κ1) is 11.6. The molecular weight excluding hydrogens is 204 g/mol. The lowest BCUT2D eigenvalue weighted by molar-refractivity contribution is 0.0583. The molecule has 0 aromatic rings. The number of allylic oxidation sites excluding steroid dienone is 2. The van der Waals surface area contributed by atoms with Gasteiger partial charge in [0.05, 0.1) is 0 Å². The average molecular weight is 230 g/mol. The van der Waals surface area contributed by atoms with Crippen LogP contribution in [-0.2, 0) is 0 Å². The molecular formula is C17H26. The largest absolute Gasteiger partial charge is 0.0956 e. The van der Waals surface area contributed by atoms with E-state index in [-0.39, 0.29) is 0 Å². The van der Waals surface area contributed by atoms with Gasteiger partial charge in [-0.2, -0.15) is 0 Å². The highest BCUT2D eigenvalue weighted by molar-refractivity contribution is 5.32. The Balaban J connectivity index is 1.81. The fourth-order valence-corrected chi connectivity index (χ4v) is 4.88. The molecule has 0 radical (unpaired) electrons. The van der Waals surface area contributed by atoms with Crippen LogP contribution < -0.4 is 0 Å². The van der Waals surface area contributed by atoms with Crippen molar-refractivity contribution in [2.45, 2.75) is 51.9 Å². The SMILES string of the molecule is C=C1CC(C)C2CC3CCCCC3CC2C1=C. The summed E-state index contributed by atoms with van der Waals surface area (Å²) in [4.78, 5) is 0. The van der Waals surface area contributed by atoms with Crippen LogP contribution in [0.4, 0.5) is 0 Å². The second-order valence-electron chi connectivity index (χ2n) is 6.86. The van der Waals surface area contributed by atoms with Gasteiger partial charge in [0.1, 0.15) is 0 Å². The van der Waals surface area contributed by atoms with Crippen LogP contribution in [0.15, 0.2) is 24.3 Å². The monoisotopic (exact) mass is 230 g/mol. The van der Waals surface area contributed by atoms with Crippen molar-refractivity contribution < 1.29 is 0 Å². The van der Waals surface area contributed by atoms with Crippen molar-refractivity contribution in [1.29, 1.82) is 0 Å². The van der Waals surface area contributed by atoms with Crippen molar-refractivity contribution in [2.75, 3.05) is 0 Å². The Labute approximate surface area is 106 Å². The van der Waals surface area contributed by atoms with Crippen LogP contribution >= 0.6 is 0 Å².